The van der Waals surface area contributed by atoms with Gasteiger partial charge in [-0.3, -0.25) is 4.79 Å². The molecule has 2 saturated carbocycles. The average Bonchev–Trinajstić information content (AvgIpc) is 3.08. The number of likely N-dealkylation sites (N-methyl/N-ethyl adjacent to an activating group) is 1. The van der Waals surface area contributed by atoms with E-state index in [0.29, 0.717) is 18.6 Å². The van der Waals surface area contributed by atoms with Crippen LogP contribution < -0.4 is 5.32 Å². The number of hydrogen-bond donors (Lipinski definition) is 1. The van der Waals surface area contributed by atoms with Crippen LogP contribution in [-0.2, 0) is 4.79 Å². The van der Waals surface area contributed by atoms with Gasteiger partial charge in [-0.15, -0.1) is 0 Å². The Labute approximate surface area is 92.2 Å². The molecule has 3 nitrogen and oxygen atoms in total. The van der Waals surface area contributed by atoms with E-state index in [1.807, 2.05) is 11.9 Å². The molecule has 2 fully saturated rings. The zero-order valence-corrected chi connectivity index (χ0v) is 9.83. The van der Waals surface area contributed by atoms with Gasteiger partial charge in [0.05, 0.1) is 6.54 Å². The maximum Gasteiger partial charge on any atom is 0.236 e. The summed E-state index contributed by atoms with van der Waals surface area (Å²) in [6.45, 7) is 2.76. The van der Waals surface area contributed by atoms with Gasteiger partial charge in [0.25, 0.3) is 0 Å². The lowest BCUT2D eigenvalue weighted by molar-refractivity contribution is -0.129. The third-order valence-electron chi connectivity index (χ3n) is 3.59. The smallest absolute Gasteiger partial charge is 0.236 e. The minimum atomic E-state index is 0.264. The number of carbonyl (C=O) groups excluding carboxylic acids is 1. The molecule has 2 aliphatic rings. The molecular formula is C12H22N2O. The second-order valence-corrected chi connectivity index (χ2v) is 5.01. The fourth-order valence-electron chi connectivity index (χ4n) is 2.20. The number of nitrogens with one attached hydrogen (secondary N) is 1. The molecule has 1 amide bonds. The first kappa shape index (κ1) is 10.9. The summed E-state index contributed by atoms with van der Waals surface area (Å²) in [5.74, 6) is 1.11. The van der Waals surface area contributed by atoms with Crippen LogP contribution in [0.4, 0.5) is 0 Å². The predicted molar refractivity (Wildman–Crippen MR) is 60.6 cm³/mol. The number of nitrogens with zero attached hydrogens (tertiary/aromatic N) is 1. The first-order valence-corrected chi connectivity index (χ1v) is 6.21. The van der Waals surface area contributed by atoms with E-state index in [4.69, 9.17) is 0 Å². The summed E-state index contributed by atoms with van der Waals surface area (Å²) in [5.41, 5.74) is 0. The summed E-state index contributed by atoms with van der Waals surface area (Å²) in [6.07, 6.45) is 6.24. The number of hydrogen-bond acceptors (Lipinski definition) is 2. The number of amides is 1. The van der Waals surface area contributed by atoms with E-state index >= 15 is 0 Å². The second-order valence-electron chi connectivity index (χ2n) is 5.01. The summed E-state index contributed by atoms with van der Waals surface area (Å²) in [7, 11) is 1.93. The number of rotatable bonds is 6. The summed E-state index contributed by atoms with van der Waals surface area (Å²) in [5, 5.41) is 3.36. The molecule has 1 N–H and O–H groups in total. The van der Waals surface area contributed by atoms with Gasteiger partial charge in [0.15, 0.2) is 0 Å². The molecule has 0 bridgehead atoms. The van der Waals surface area contributed by atoms with Gasteiger partial charge < -0.3 is 10.2 Å². The summed E-state index contributed by atoms with van der Waals surface area (Å²) < 4.78 is 0. The molecule has 0 saturated heterocycles. The lowest BCUT2D eigenvalue weighted by Gasteiger charge is -2.16. The van der Waals surface area contributed by atoms with Crippen molar-refractivity contribution in [2.75, 3.05) is 13.6 Å². The third kappa shape index (κ3) is 2.94. The molecule has 15 heavy (non-hydrogen) atoms. The summed E-state index contributed by atoms with van der Waals surface area (Å²) in [4.78, 5) is 13.6. The fourth-order valence-corrected chi connectivity index (χ4v) is 2.20. The first-order chi connectivity index (χ1) is 7.22. The van der Waals surface area contributed by atoms with Crippen molar-refractivity contribution in [3.05, 3.63) is 0 Å². The largest absolute Gasteiger partial charge is 0.342 e. The first-order valence-electron chi connectivity index (χ1n) is 6.21. The fraction of sp³-hybridized carbons (Fsp3) is 0.917. The molecule has 0 radical (unpaired) electrons. The predicted octanol–water partition coefficient (Wildman–Crippen LogP) is 1.39. The van der Waals surface area contributed by atoms with Gasteiger partial charge in [0, 0.05) is 19.1 Å². The van der Waals surface area contributed by atoms with E-state index < -0.39 is 0 Å². The minimum absolute atomic E-state index is 0.264. The molecule has 3 heteroatoms. The topological polar surface area (TPSA) is 32.3 Å². The Morgan fingerprint density at radius 1 is 1.47 bits per heavy atom. The van der Waals surface area contributed by atoms with Gasteiger partial charge in [-0.2, -0.15) is 0 Å². The van der Waals surface area contributed by atoms with Gasteiger partial charge in [0.2, 0.25) is 5.91 Å². The number of carbonyl (C=O) groups is 1. The van der Waals surface area contributed by atoms with E-state index in [1.54, 1.807) is 0 Å². The lowest BCUT2D eigenvalue weighted by atomic mass is 10.2. The second kappa shape index (κ2) is 4.52. The van der Waals surface area contributed by atoms with Crippen molar-refractivity contribution in [1.82, 2.24) is 10.2 Å². The normalized spacial score (nSPS) is 28.9. The van der Waals surface area contributed by atoms with E-state index in [0.717, 1.165) is 5.92 Å². The van der Waals surface area contributed by atoms with Crippen molar-refractivity contribution in [2.45, 2.75) is 51.1 Å². The lowest BCUT2D eigenvalue weighted by Crippen LogP contribution is -2.37. The third-order valence-corrected chi connectivity index (χ3v) is 3.59. The quantitative estimate of drug-likeness (QED) is 0.718. The Morgan fingerprint density at radius 3 is 2.80 bits per heavy atom. The highest BCUT2D eigenvalue weighted by Crippen LogP contribution is 2.34. The average molecular weight is 210 g/mol. The molecule has 0 aromatic heterocycles. The summed E-state index contributed by atoms with van der Waals surface area (Å²) in [6, 6.07) is 1.17. The molecule has 2 unspecified atom stereocenters. The monoisotopic (exact) mass is 210 g/mol. The van der Waals surface area contributed by atoms with Crippen molar-refractivity contribution in [2.24, 2.45) is 5.92 Å². The Kier molecular flexibility index (Phi) is 3.29. The van der Waals surface area contributed by atoms with Crippen molar-refractivity contribution < 1.29 is 4.79 Å². The van der Waals surface area contributed by atoms with Gasteiger partial charge >= 0.3 is 0 Å². The van der Waals surface area contributed by atoms with Crippen LogP contribution in [0.2, 0.25) is 0 Å². The molecule has 0 aromatic rings. The zero-order valence-electron chi connectivity index (χ0n) is 9.83. The zero-order chi connectivity index (χ0) is 10.8. The van der Waals surface area contributed by atoms with Gasteiger partial charge in [0.1, 0.15) is 0 Å². The van der Waals surface area contributed by atoms with E-state index in [2.05, 4.69) is 12.2 Å². The van der Waals surface area contributed by atoms with Gasteiger partial charge in [-0.1, -0.05) is 13.3 Å². The molecule has 2 atom stereocenters. The SMILES string of the molecule is CCCC1CC1NCC(=O)N(C)C1CC1. The molecule has 0 aromatic carbocycles. The van der Waals surface area contributed by atoms with Gasteiger partial charge in [-0.25, -0.2) is 0 Å². The van der Waals surface area contributed by atoms with Crippen LogP contribution in [0.15, 0.2) is 0 Å². The van der Waals surface area contributed by atoms with Crippen LogP contribution in [-0.4, -0.2) is 36.5 Å². The van der Waals surface area contributed by atoms with Crippen LogP contribution in [0.3, 0.4) is 0 Å². The van der Waals surface area contributed by atoms with Crippen molar-refractivity contribution in [3.63, 3.8) is 0 Å². The van der Waals surface area contributed by atoms with Crippen LogP contribution in [0.5, 0.6) is 0 Å². The van der Waals surface area contributed by atoms with Crippen LogP contribution in [0, 0.1) is 5.92 Å². The standard InChI is InChI=1S/C12H22N2O/c1-3-4-9-7-11(9)13-8-12(15)14(2)10-5-6-10/h9-11,13H,3-8H2,1-2H3. The summed E-state index contributed by atoms with van der Waals surface area (Å²) >= 11 is 0. The molecule has 0 heterocycles. The van der Waals surface area contributed by atoms with Crippen molar-refractivity contribution >= 4 is 5.91 Å². The molecule has 0 spiro atoms. The highest BCUT2D eigenvalue weighted by Gasteiger charge is 2.36. The maximum absolute atomic E-state index is 11.7. The van der Waals surface area contributed by atoms with Crippen LogP contribution >= 0.6 is 0 Å². The van der Waals surface area contributed by atoms with Crippen molar-refractivity contribution in [3.8, 4) is 0 Å². The van der Waals surface area contributed by atoms with Crippen molar-refractivity contribution in [1.29, 1.82) is 0 Å². The van der Waals surface area contributed by atoms with Gasteiger partial charge in [-0.05, 0) is 31.6 Å². The van der Waals surface area contributed by atoms with E-state index in [-0.39, 0.29) is 5.91 Å². The Hall–Kier alpha value is -0.570. The highest BCUT2D eigenvalue weighted by atomic mass is 16.2. The Morgan fingerprint density at radius 2 is 2.20 bits per heavy atom. The van der Waals surface area contributed by atoms with E-state index in [9.17, 15) is 4.79 Å². The van der Waals surface area contributed by atoms with E-state index in [1.165, 1.54) is 32.1 Å². The molecular weight excluding hydrogens is 188 g/mol. The molecule has 2 rings (SSSR count). The Bertz CT molecular complexity index is 238. The Balaban J connectivity index is 1.59. The molecule has 86 valence electrons. The van der Waals surface area contributed by atoms with Crippen LogP contribution in [0.25, 0.3) is 0 Å². The molecule has 2 aliphatic carbocycles. The highest BCUT2D eigenvalue weighted by molar-refractivity contribution is 5.78. The minimum Gasteiger partial charge on any atom is -0.342 e. The maximum atomic E-state index is 11.7. The van der Waals surface area contributed by atoms with Crippen LogP contribution in [0.1, 0.15) is 39.0 Å². The molecule has 0 aliphatic heterocycles.